The number of ether oxygens (including phenoxy) is 2. The zero-order valence-corrected chi connectivity index (χ0v) is 20.3. The molecule has 0 aliphatic carbocycles. The number of methoxy groups -OCH3 is 1. The number of esters is 1. The van der Waals surface area contributed by atoms with Crippen molar-refractivity contribution in [1.29, 1.82) is 0 Å². The van der Waals surface area contributed by atoms with Crippen LogP contribution in [0.5, 0.6) is 11.5 Å². The molecule has 0 spiro atoms. The van der Waals surface area contributed by atoms with E-state index in [1.165, 1.54) is 12.0 Å². The number of aromatic hydroxyl groups is 1. The van der Waals surface area contributed by atoms with Gasteiger partial charge >= 0.3 is 12.0 Å². The summed E-state index contributed by atoms with van der Waals surface area (Å²) in [4.78, 5) is 27.9. The first-order chi connectivity index (χ1) is 15.0. The van der Waals surface area contributed by atoms with E-state index in [0.717, 1.165) is 5.56 Å². The molecule has 1 aliphatic heterocycles. The third-order valence-corrected chi connectivity index (χ3v) is 5.61. The van der Waals surface area contributed by atoms with Gasteiger partial charge in [-0.2, -0.15) is 0 Å². The second-order valence-electron chi connectivity index (χ2n) is 8.51. The van der Waals surface area contributed by atoms with Gasteiger partial charge in [0.15, 0.2) is 11.5 Å². The van der Waals surface area contributed by atoms with E-state index < -0.39 is 17.6 Å². The minimum atomic E-state index is -0.782. The maximum Gasteiger partial charge on any atom is 0.338 e. The van der Waals surface area contributed by atoms with Gasteiger partial charge in [0.2, 0.25) is 0 Å². The van der Waals surface area contributed by atoms with Crippen LogP contribution < -0.4 is 10.1 Å². The Labute approximate surface area is 196 Å². The standard InChI is InChI=1S/C24H27BrN2O5/c1-14-19(22(29)32-24(2,3)4)20(16-11-17(25)21(28)18(12-16)31-5)26-23(30)27(14)13-15-9-7-6-8-10-15/h6-12,20,28H,13H2,1-5H3,(H,26,30). The van der Waals surface area contributed by atoms with E-state index in [9.17, 15) is 14.7 Å². The van der Waals surface area contributed by atoms with Gasteiger partial charge in [-0.3, -0.25) is 4.90 Å². The van der Waals surface area contributed by atoms with Crippen LogP contribution in [0.1, 0.15) is 44.9 Å². The monoisotopic (exact) mass is 502 g/mol. The van der Waals surface area contributed by atoms with E-state index in [1.807, 2.05) is 30.3 Å². The van der Waals surface area contributed by atoms with Crippen LogP contribution in [0.15, 0.2) is 58.2 Å². The number of nitrogens with zero attached hydrogens (tertiary/aromatic N) is 1. The molecule has 0 saturated heterocycles. The van der Waals surface area contributed by atoms with Crippen molar-refractivity contribution in [3.8, 4) is 11.5 Å². The van der Waals surface area contributed by atoms with Crippen molar-refractivity contribution in [1.82, 2.24) is 10.2 Å². The topological polar surface area (TPSA) is 88.1 Å². The first-order valence-corrected chi connectivity index (χ1v) is 10.9. The van der Waals surface area contributed by atoms with Crippen LogP contribution in [0, 0.1) is 0 Å². The molecule has 0 aromatic heterocycles. The average molecular weight is 503 g/mol. The number of carbonyl (C=O) groups is 2. The molecule has 0 fully saturated rings. The highest BCUT2D eigenvalue weighted by Crippen LogP contribution is 2.40. The van der Waals surface area contributed by atoms with Crippen molar-refractivity contribution >= 4 is 27.9 Å². The Kier molecular flexibility index (Phi) is 6.83. The fraction of sp³-hybridized carbons (Fsp3) is 0.333. The lowest BCUT2D eigenvalue weighted by atomic mass is 9.94. The van der Waals surface area contributed by atoms with E-state index in [-0.39, 0.29) is 17.5 Å². The summed E-state index contributed by atoms with van der Waals surface area (Å²) in [5.74, 6) is -0.374. The second-order valence-corrected chi connectivity index (χ2v) is 9.36. The summed E-state index contributed by atoms with van der Waals surface area (Å²) in [6, 6.07) is 11.6. The van der Waals surface area contributed by atoms with Crippen LogP contribution in [-0.2, 0) is 16.1 Å². The first-order valence-electron chi connectivity index (χ1n) is 10.1. The molecule has 2 amide bonds. The minimum absolute atomic E-state index is 0.0661. The highest BCUT2D eigenvalue weighted by Gasteiger charge is 2.38. The summed E-state index contributed by atoms with van der Waals surface area (Å²) in [6.07, 6.45) is 0. The molecule has 170 valence electrons. The molecule has 7 nitrogen and oxygen atoms in total. The molecule has 32 heavy (non-hydrogen) atoms. The molecule has 1 aliphatic rings. The Morgan fingerprint density at radius 3 is 2.47 bits per heavy atom. The molecule has 0 bridgehead atoms. The van der Waals surface area contributed by atoms with Crippen molar-refractivity contribution in [3.63, 3.8) is 0 Å². The van der Waals surface area contributed by atoms with E-state index >= 15 is 0 Å². The number of carbonyl (C=O) groups excluding carboxylic acids is 2. The number of benzene rings is 2. The van der Waals surface area contributed by atoms with Gasteiger partial charge in [0.1, 0.15) is 5.60 Å². The number of rotatable bonds is 5. The zero-order valence-electron chi connectivity index (χ0n) is 18.7. The van der Waals surface area contributed by atoms with Gasteiger partial charge in [0, 0.05) is 5.70 Å². The third-order valence-electron chi connectivity index (χ3n) is 5.00. The van der Waals surface area contributed by atoms with Crippen molar-refractivity contribution in [2.45, 2.75) is 45.9 Å². The molecule has 0 saturated carbocycles. The number of hydrogen-bond donors (Lipinski definition) is 2. The number of phenols is 1. The van der Waals surface area contributed by atoms with E-state index in [4.69, 9.17) is 9.47 Å². The molecule has 1 heterocycles. The normalized spacial score (nSPS) is 16.6. The number of amides is 2. The largest absolute Gasteiger partial charge is 0.503 e. The molecule has 2 aromatic carbocycles. The summed E-state index contributed by atoms with van der Waals surface area (Å²) in [5.41, 5.74) is 1.60. The van der Waals surface area contributed by atoms with Crippen LogP contribution in [0.25, 0.3) is 0 Å². The molecule has 3 rings (SSSR count). The highest BCUT2D eigenvalue weighted by molar-refractivity contribution is 9.10. The van der Waals surface area contributed by atoms with Gasteiger partial charge in [-0.05, 0) is 66.9 Å². The van der Waals surface area contributed by atoms with Crippen molar-refractivity contribution < 1.29 is 24.2 Å². The maximum atomic E-state index is 13.3. The lowest BCUT2D eigenvalue weighted by Crippen LogP contribution is -2.48. The average Bonchev–Trinajstić information content (AvgIpc) is 2.72. The molecule has 1 atom stereocenters. The fourth-order valence-electron chi connectivity index (χ4n) is 3.50. The second kappa shape index (κ2) is 9.24. The third kappa shape index (κ3) is 5.07. The van der Waals surface area contributed by atoms with Gasteiger partial charge < -0.3 is 19.9 Å². The lowest BCUT2D eigenvalue weighted by molar-refractivity contribution is -0.150. The van der Waals surface area contributed by atoms with E-state index in [0.29, 0.717) is 27.9 Å². The molecular weight excluding hydrogens is 476 g/mol. The Balaban J connectivity index is 2.11. The smallest absolute Gasteiger partial charge is 0.338 e. The van der Waals surface area contributed by atoms with E-state index in [1.54, 1.807) is 39.8 Å². The number of phenolic OH excluding ortho intramolecular Hbond substituents is 1. The number of hydrogen-bond acceptors (Lipinski definition) is 5. The SMILES string of the molecule is COc1cc(C2NC(=O)N(Cc3ccccc3)C(C)=C2C(=O)OC(C)(C)C)cc(Br)c1O. The predicted octanol–water partition coefficient (Wildman–Crippen LogP) is 5.05. The van der Waals surface area contributed by atoms with Gasteiger partial charge in [-0.1, -0.05) is 30.3 Å². The number of nitrogens with one attached hydrogen (secondary N) is 1. The maximum absolute atomic E-state index is 13.3. The van der Waals surface area contributed by atoms with Crippen LogP contribution in [0.4, 0.5) is 4.79 Å². The van der Waals surface area contributed by atoms with Gasteiger partial charge in [-0.25, -0.2) is 9.59 Å². The van der Waals surface area contributed by atoms with Crippen LogP contribution in [0.2, 0.25) is 0 Å². The summed E-state index contributed by atoms with van der Waals surface area (Å²) in [5, 5.41) is 13.1. The molecule has 1 unspecified atom stereocenters. The van der Waals surface area contributed by atoms with Crippen LogP contribution in [0.3, 0.4) is 0 Å². The number of halogens is 1. The number of allylic oxidation sites excluding steroid dienone is 1. The Morgan fingerprint density at radius 1 is 1.22 bits per heavy atom. The van der Waals surface area contributed by atoms with Crippen molar-refractivity contribution in [3.05, 3.63) is 69.3 Å². The quantitative estimate of drug-likeness (QED) is 0.558. The molecule has 2 N–H and O–H groups in total. The lowest BCUT2D eigenvalue weighted by Gasteiger charge is -2.36. The zero-order chi connectivity index (χ0) is 23.6. The Bertz CT molecular complexity index is 1060. The van der Waals surface area contributed by atoms with Gasteiger partial charge in [0.25, 0.3) is 0 Å². The van der Waals surface area contributed by atoms with Gasteiger partial charge in [-0.15, -0.1) is 0 Å². The van der Waals surface area contributed by atoms with E-state index in [2.05, 4.69) is 21.2 Å². The molecule has 0 radical (unpaired) electrons. The highest BCUT2D eigenvalue weighted by atomic mass is 79.9. The van der Waals surface area contributed by atoms with Crippen molar-refractivity contribution in [2.75, 3.05) is 7.11 Å². The summed E-state index contributed by atoms with van der Waals surface area (Å²) < 4.78 is 11.3. The Hall–Kier alpha value is -3.00. The van der Waals surface area contributed by atoms with Gasteiger partial charge in [0.05, 0.1) is 29.7 Å². The summed E-state index contributed by atoms with van der Waals surface area (Å²) in [6.45, 7) is 7.41. The molecular formula is C24H27BrN2O5. The first kappa shape index (κ1) is 23.7. The number of urea groups is 1. The summed E-state index contributed by atoms with van der Waals surface area (Å²) >= 11 is 3.31. The Morgan fingerprint density at radius 2 is 1.88 bits per heavy atom. The minimum Gasteiger partial charge on any atom is -0.503 e. The van der Waals surface area contributed by atoms with Crippen LogP contribution in [-0.4, -0.2) is 34.7 Å². The summed E-state index contributed by atoms with van der Waals surface area (Å²) in [7, 11) is 1.43. The molecule has 2 aromatic rings. The van der Waals surface area contributed by atoms with Crippen LogP contribution >= 0.6 is 15.9 Å². The predicted molar refractivity (Wildman–Crippen MR) is 124 cm³/mol. The molecule has 8 heteroatoms. The van der Waals surface area contributed by atoms with Crippen molar-refractivity contribution in [2.24, 2.45) is 0 Å². The fourth-order valence-corrected chi connectivity index (χ4v) is 3.96.